The average molecular weight is 240 g/mol. The molecular weight excluding hydrogens is 216 g/mol. The Morgan fingerprint density at radius 2 is 1.88 bits per heavy atom. The number of nitrogens with one attached hydrogen (secondary N) is 1. The van der Waals surface area contributed by atoms with Crippen LogP contribution in [-0.4, -0.2) is 41.4 Å². The fraction of sp³-hybridized carbons (Fsp3) is 0.833. The molecule has 1 amide bonds. The standard InChI is InChI=1S/C12H24N4O/c1-9(17)14-10-5-7-16(8-6-10)11(13)15-12(2,3)4/h10H,5-8H2,1-4H3,(H2,13,15)(H,14,17). The zero-order valence-electron chi connectivity index (χ0n) is 11.3. The molecule has 0 bridgehead atoms. The van der Waals surface area contributed by atoms with Crippen molar-refractivity contribution in [2.24, 2.45) is 10.7 Å². The number of likely N-dealkylation sites (tertiary alicyclic amines) is 1. The first kappa shape index (κ1) is 13.8. The molecule has 0 atom stereocenters. The monoisotopic (exact) mass is 240 g/mol. The Labute approximate surface area is 103 Å². The quantitative estimate of drug-likeness (QED) is 0.523. The summed E-state index contributed by atoms with van der Waals surface area (Å²) in [5.41, 5.74) is 5.83. The highest BCUT2D eigenvalue weighted by atomic mass is 16.1. The van der Waals surface area contributed by atoms with Gasteiger partial charge in [-0.2, -0.15) is 0 Å². The Morgan fingerprint density at radius 3 is 2.29 bits per heavy atom. The second kappa shape index (κ2) is 5.38. The second-order valence-corrected chi connectivity index (χ2v) is 5.60. The van der Waals surface area contributed by atoms with E-state index in [1.807, 2.05) is 20.8 Å². The lowest BCUT2D eigenvalue weighted by Crippen LogP contribution is -2.49. The van der Waals surface area contributed by atoms with Gasteiger partial charge in [-0.15, -0.1) is 0 Å². The molecule has 0 aromatic carbocycles. The molecule has 5 nitrogen and oxygen atoms in total. The molecule has 1 aliphatic heterocycles. The molecule has 17 heavy (non-hydrogen) atoms. The summed E-state index contributed by atoms with van der Waals surface area (Å²) < 4.78 is 0. The van der Waals surface area contributed by atoms with Crippen molar-refractivity contribution < 1.29 is 4.79 Å². The minimum atomic E-state index is -0.140. The van der Waals surface area contributed by atoms with E-state index in [-0.39, 0.29) is 17.5 Å². The van der Waals surface area contributed by atoms with Gasteiger partial charge in [-0.05, 0) is 33.6 Å². The van der Waals surface area contributed by atoms with Gasteiger partial charge in [0, 0.05) is 26.1 Å². The molecule has 0 radical (unpaired) electrons. The van der Waals surface area contributed by atoms with Crippen molar-refractivity contribution >= 4 is 11.9 Å². The topological polar surface area (TPSA) is 70.7 Å². The molecule has 0 aliphatic carbocycles. The number of hydrogen-bond donors (Lipinski definition) is 2. The van der Waals surface area contributed by atoms with Crippen LogP contribution in [0, 0.1) is 0 Å². The second-order valence-electron chi connectivity index (χ2n) is 5.60. The maximum Gasteiger partial charge on any atom is 0.217 e. The summed E-state index contributed by atoms with van der Waals surface area (Å²) >= 11 is 0. The summed E-state index contributed by atoms with van der Waals surface area (Å²) in [7, 11) is 0. The Bertz CT molecular complexity index is 298. The highest BCUT2D eigenvalue weighted by Gasteiger charge is 2.21. The molecule has 1 heterocycles. The number of nitrogens with zero attached hydrogens (tertiary/aromatic N) is 2. The van der Waals surface area contributed by atoms with Gasteiger partial charge in [0.2, 0.25) is 5.91 Å². The van der Waals surface area contributed by atoms with E-state index in [4.69, 9.17) is 5.73 Å². The van der Waals surface area contributed by atoms with Crippen LogP contribution in [0.15, 0.2) is 4.99 Å². The molecule has 0 spiro atoms. The van der Waals surface area contributed by atoms with E-state index in [0.29, 0.717) is 5.96 Å². The van der Waals surface area contributed by atoms with Gasteiger partial charge in [-0.3, -0.25) is 4.79 Å². The van der Waals surface area contributed by atoms with Gasteiger partial charge in [0.1, 0.15) is 0 Å². The maximum absolute atomic E-state index is 10.9. The molecule has 0 unspecified atom stereocenters. The van der Waals surface area contributed by atoms with E-state index < -0.39 is 0 Å². The molecule has 1 aliphatic rings. The Kier molecular flexibility index (Phi) is 4.37. The van der Waals surface area contributed by atoms with E-state index in [0.717, 1.165) is 25.9 Å². The smallest absolute Gasteiger partial charge is 0.217 e. The molecule has 3 N–H and O–H groups in total. The van der Waals surface area contributed by atoms with Crippen LogP contribution in [0.1, 0.15) is 40.5 Å². The van der Waals surface area contributed by atoms with E-state index in [1.54, 1.807) is 6.92 Å². The summed E-state index contributed by atoms with van der Waals surface area (Å²) in [6.45, 7) is 9.37. The van der Waals surface area contributed by atoms with Crippen LogP contribution >= 0.6 is 0 Å². The van der Waals surface area contributed by atoms with Crippen LogP contribution in [0.4, 0.5) is 0 Å². The Hall–Kier alpha value is -1.26. The van der Waals surface area contributed by atoms with E-state index in [9.17, 15) is 4.79 Å². The first-order valence-corrected chi connectivity index (χ1v) is 6.15. The van der Waals surface area contributed by atoms with Gasteiger partial charge in [-0.25, -0.2) is 4.99 Å². The molecule has 0 saturated carbocycles. The summed E-state index contributed by atoms with van der Waals surface area (Å²) in [6.07, 6.45) is 1.86. The van der Waals surface area contributed by atoms with Crippen LogP contribution < -0.4 is 11.1 Å². The van der Waals surface area contributed by atoms with Crippen molar-refractivity contribution in [1.82, 2.24) is 10.2 Å². The molecule has 98 valence electrons. The summed E-state index contributed by atoms with van der Waals surface area (Å²) in [6, 6.07) is 0.284. The highest BCUT2D eigenvalue weighted by molar-refractivity contribution is 5.78. The molecule has 0 aromatic rings. The van der Waals surface area contributed by atoms with Crippen molar-refractivity contribution in [3.8, 4) is 0 Å². The van der Waals surface area contributed by atoms with E-state index in [1.165, 1.54) is 0 Å². The van der Waals surface area contributed by atoms with Crippen LogP contribution in [0.2, 0.25) is 0 Å². The lowest BCUT2D eigenvalue weighted by molar-refractivity contribution is -0.119. The zero-order chi connectivity index (χ0) is 13.1. The fourth-order valence-electron chi connectivity index (χ4n) is 1.95. The minimum absolute atomic E-state index is 0.0415. The predicted molar refractivity (Wildman–Crippen MR) is 69.8 cm³/mol. The summed E-state index contributed by atoms with van der Waals surface area (Å²) in [4.78, 5) is 17.5. The molecule has 1 saturated heterocycles. The van der Waals surface area contributed by atoms with Crippen molar-refractivity contribution in [3.05, 3.63) is 0 Å². The van der Waals surface area contributed by atoms with Gasteiger partial charge < -0.3 is 16.0 Å². The number of hydrogen-bond acceptors (Lipinski definition) is 2. The van der Waals surface area contributed by atoms with Gasteiger partial charge in [0.25, 0.3) is 0 Å². The first-order chi connectivity index (χ1) is 7.78. The van der Waals surface area contributed by atoms with Gasteiger partial charge in [0.05, 0.1) is 5.54 Å². The SMILES string of the molecule is CC(=O)NC1CCN(C(N)=NC(C)(C)C)CC1. The molecule has 1 rings (SSSR count). The fourth-order valence-corrected chi connectivity index (χ4v) is 1.95. The number of rotatable bonds is 1. The van der Waals surface area contributed by atoms with Gasteiger partial charge in [0.15, 0.2) is 5.96 Å². The third-order valence-corrected chi connectivity index (χ3v) is 2.68. The third kappa shape index (κ3) is 5.06. The number of amides is 1. The Balaban J connectivity index is 2.47. The van der Waals surface area contributed by atoms with Crippen molar-refractivity contribution in [2.45, 2.75) is 52.1 Å². The van der Waals surface area contributed by atoms with Crippen LogP contribution in [0.25, 0.3) is 0 Å². The summed E-state index contributed by atoms with van der Waals surface area (Å²) in [5.74, 6) is 0.651. The number of carbonyl (C=O) groups excluding carboxylic acids is 1. The Morgan fingerprint density at radius 1 is 1.35 bits per heavy atom. The van der Waals surface area contributed by atoms with Crippen LogP contribution in [0.5, 0.6) is 0 Å². The van der Waals surface area contributed by atoms with E-state index in [2.05, 4.69) is 15.2 Å². The number of nitrogens with two attached hydrogens (primary N) is 1. The third-order valence-electron chi connectivity index (χ3n) is 2.68. The van der Waals surface area contributed by atoms with Crippen molar-refractivity contribution in [1.29, 1.82) is 0 Å². The average Bonchev–Trinajstić information content (AvgIpc) is 2.15. The molecule has 1 fully saturated rings. The lowest BCUT2D eigenvalue weighted by atomic mass is 10.1. The predicted octanol–water partition coefficient (Wildman–Crippen LogP) is 0.700. The first-order valence-electron chi connectivity index (χ1n) is 6.15. The zero-order valence-corrected chi connectivity index (χ0v) is 11.3. The number of piperidine rings is 1. The highest BCUT2D eigenvalue weighted by Crippen LogP contribution is 2.12. The van der Waals surface area contributed by atoms with Crippen LogP contribution in [0.3, 0.4) is 0 Å². The number of guanidine groups is 1. The summed E-state index contributed by atoms with van der Waals surface area (Å²) in [5, 5.41) is 2.94. The number of carbonyl (C=O) groups is 1. The normalized spacial score (nSPS) is 19.3. The minimum Gasteiger partial charge on any atom is -0.370 e. The largest absolute Gasteiger partial charge is 0.370 e. The van der Waals surface area contributed by atoms with Gasteiger partial charge >= 0.3 is 0 Å². The van der Waals surface area contributed by atoms with Gasteiger partial charge in [-0.1, -0.05) is 0 Å². The number of aliphatic imine (C=N–C) groups is 1. The van der Waals surface area contributed by atoms with E-state index >= 15 is 0 Å². The van der Waals surface area contributed by atoms with Crippen LogP contribution in [-0.2, 0) is 4.79 Å². The molecule has 0 aromatic heterocycles. The molecule has 5 heteroatoms. The van der Waals surface area contributed by atoms with Crippen molar-refractivity contribution in [3.63, 3.8) is 0 Å². The maximum atomic E-state index is 10.9. The lowest BCUT2D eigenvalue weighted by Gasteiger charge is -2.33. The molecular formula is C12H24N4O. The van der Waals surface area contributed by atoms with Crippen molar-refractivity contribution in [2.75, 3.05) is 13.1 Å².